The number of rotatable bonds is 7. The van der Waals surface area contributed by atoms with Crippen LogP contribution >= 0.6 is 0 Å². The Morgan fingerprint density at radius 2 is 1.52 bits per heavy atom. The summed E-state index contributed by atoms with van der Waals surface area (Å²) in [5, 5.41) is 11.0. The molecule has 2 rings (SSSR count). The molecule has 0 unspecified atom stereocenters. The predicted molar refractivity (Wildman–Crippen MR) is 107 cm³/mol. The van der Waals surface area contributed by atoms with E-state index < -0.39 is 10.0 Å². The summed E-state index contributed by atoms with van der Waals surface area (Å²) in [5.41, 5.74) is 1.85. The van der Waals surface area contributed by atoms with E-state index in [1.165, 1.54) is 12.1 Å². The minimum Gasteiger partial charge on any atom is -0.332 e. The average molecular weight is 390 g/mol. The van der Waals surface area contributed by atoms with Crippen LogP contribution in [0.2, 0.25) is 0 Å². The van der Waals surface area contributed by atoms with Gasteiger partial charge in [-0.3, -0.25) is 0 Å². The molecule has 2 amide bonds. The molecule has 0 aliphatic rings. The van der Waals surface area contributed by atoms with Gasteiger partial charge in [0.1, 0.15) is 0 Å². The molecule has 6 nitrogen and oxygen atoms in total. The fourth-order valence-corrected chi connectivity index (χ4v) is 3.38. The van der Waals surface area contributed by atoms with Gasteiger partial charge < -0.3 is 10.6 Å². The number of hydrogen-bond acceptors (Lipinski definition) is 3. The number of nitrogens with two attached hydrogens (primary N) is 1. The van der Waals surface area contributed by atoms with Gasteiger partial charge in [0.25, 0.3) is 0 Å². The Kier molecular flexibility index (Phi) is 6.98. The molecule has 27 heavy (non-hydrogen) atoms. The van der Waals surface area contributed by atoms with Crippen molar-refractivity contribution in [2.24, 2.45) is 11.1 Å². The molecule has 146 valence electrons. The molecule has 0 saturated carbocycles. The third-order valence-electron chi connectivity index (χ3n) is 4.27. The fourth-order valence-electron chi connectivity index (χ4n) is 2.86. The maximum atomic E-state index is 12.5. The molecule has 0 aliphatic carbocycles. The smallest absolute Gasteiger partial charge is 0.315 e. The summed E-state index contributed by atoms with van der Waals surface area (Å²) < 4.78 is 22.7. The van der Waals surface area contributed by atoms with Gasteiger partial charge in [0.15, 0.2) is 0 Å². The molecule has 0 bridgehead atoms. The maximum Gasteiger partial charge on any atom is 0.315 e. The van der Waals surface area contributed by atoms with Crippen molar-refractivity contribution in [3.63, 3.8) is 0 Å². The number of amides is 2. The Hall–Kier alpha value is -2.38. The highest BCUT2D eigenvalue weighted by atomic mass is 32.2. The molecular weight excluding hydrogens is 362 g/mol. The molecule has 0 spiro atoms. The summed E-state index contributed by atoms with van der Waals surface area (Å²) in [4.78, 5) is 12.5. The van der Waals surface area contributed by atoms with Gasteiger partial charge in [0, 0.05) is 0 Å². The van der Waals surface area contributed by atoms with E-state index in [9.17, 15) is 13.2 Å². The summed E-state index contributed by atoms with van der Waals surface area (Å²) >= 11 is 0. The zero-order valence-corrected chi connectivity index (χ0v) is 16.7. The standard InChI is InChI=1S/C20H27N3O3S/c1-14(2)13-19(17-7-5-4-6-8-17)23-20(24)22-15(3)16-9-11-18(12-10-16)27(21,25)26/h4-12,14-15,19H,13H2,1-3H3,(H2,21,25,26)(H2,22,23,24)/t15-,19-/m0/s1. The first-order valence-electron chi connectivity index (χ1n) is 8.91. The SMILES string of the molecule is CC(C)C[C@H](NC(=O)N[C@@H](C)c1ccc(S(N)(=O)=O)cc1)c1ccccc1. The van der Waals surface area contributed by atoms with E-state index in [0.717, 1.165) is 17.5 Å². The second-order valence-corrected chi connectivity index (χ2v) is 8.61. The van der Waals surface area contributed by atoms with E-state index >= 15 is 0 Å². The third-order valence-corrected chi connectivity index (χ3v) is 5.20. The van der Waals surface area contributed by atoms with E-state index in [1.807, 2.05) is 37.3 Å². The Labute approximate surface area is 161 Å². The summed E-state index contributed by atoms with van der Waals surface area (Å²) in [5.74, 6) is 0.429. The van der Waals surface area contributed by atoms with Gasteiger partial charge in [-0.25, -0.2) is 18.4 Å². The van der Waals surface area contributed by atoms with E-state index in [0.29, 0.717) is 5.92 Å². The van der Waals surface area contributed by atoms with Crippen LogP contribution in [0.25, 0.3) is 0 Å². The molecule has 2 aromatic carbocycles. The molecule has 7 heteroatoms. The Morgan fingerprint density at radius 1 is 0.926 bits per heavy atom. The topological polar surface area (TPSA) is 101 Å². The van der Waals surface area contributed by atoms with Crippen LogP contribution in [0.4, 0.5) is 4.79 Å². The van der Waals surface area contributed by atoms with Crippen molar-refractivity contribution in [2.45, 2.75) is 44.2 Å². The number of primary sulfonamides is 1. The highest BCUT2D eigenvalue weighted by Crippen LogP contribution is 2.21. The summed E-state index contributed by atoms with van der Waals surface area (Å²) in [6.45, 7) is 6.07. The lowest BCUT2D eigenvalue weighted by Gasteiger charge is -2.23. The first kappa shape index (κ1) is 20.9. The van der Waals surface area contributed by atoms with Crippen molar-refractivity contribution in [3.05, 3.63) is 65.7 Å². The lowest BCUT2D eigenvalue weighted by Crippen LogP contribution is -2.39. The third kappa shape index (κ3) is 6.37. The molecule has 0 aromatic heterocycles. The monoisotopic (exact) mass is 389 g/mol. The van der Waals surface area contributed by atoms with Gasteiger partial charge in [-0.15, -0.1) is 0 Å². The van der Waals surface area contributed by atoms with E-state index in [-0.39, 0.29) is 23.0 Å². The maximum absolute atomic E-state index is 12.5. The second-order valence-electron chi connectivity index (χ2n) is 7.05. The van der Waals surface area contributed by atoms with Crippen LogP contribution in [-0.2, 0) is 10.0 Å². The van der Waals surface area contributed by atoms with Crippen molar-refractivity contribution in [1.29, 1.82) is 0 Å². The molecule has 0 heterocycles. The van der Waals surface area contributed by atoms with Crippen molar-refractivity contribution < 1.29 is 13.2 Å². The number of sulfonamides is 1. The molecular formula is C20H27N3O3S. The highest BCUT2D eigenvalue weighted by molar-refractivity contribution is 7.89. The molecule has 0 saturated heterocycles. The molecule has 2 atom stereocenters. The Morgan fingerprint density at radius 3 is 2.04 bits per heavy atom. The molecule has 2 aromatic rings. The van der Waals surface area contributed by atoms with Crippen molar-refractivity contribution in [1.82, 2.24) is 10.6 Å². The predicted octanol–water partition coefficient (Wildman–Crippen LogP) is 3.48. The number of carbonyl (C=O) groups excluding carboxylic acids is 1. The summed E-state index contributed by atoms with van der Waals surface area (Å²) in [6.07, 6.45) is 0.828. The van der Waals surface area contributed by atoms with Gasteiger partial charge in [-0.1, -0.05) is 56.3 Å². The van der Waals surface area contributed by atoms with Crippen LogP contribution in [0.3, 0.4) is 0 Å². The molecule has 0 fully saturated rings. The number of carbonyl (C=O) groups is 1. The van der Waals surface area contributed by atoms with Gasteiger partial charge in [-0.05, 0) is 42.5 Å². The first-order valence-corrected chi connectivity index (χ1v) is 10.5. The summed E-state index contributed by atoms with van der Waals surface area (Å²) in [6, 6.07) is 15.4. The largest absolute Gasteiger partial charge is 0.332 e. The van der Waals surface area contributed by atoms with E-state index in [4.69, 9.17) is 5.14 Å². The van der Waals surface area contributed by atoms with Gasteiger partial charge in [-0.2, -0.15) is 0 Å². The number of urea groups is 1. The number of benzene rings is 2. The van der Waals surface area contributed by atoms with Crippen molar-refractivity contribution >= 4 is 16.1 Å². The molecule has 4 N–H and O–H groups in total. The number of hydrogen-bond donors (Lipinski definition) is 3. The van der Waals surface area contributed by atoms with Gasteiger partial charge in [0.2, 0.25) is 10.0 Å². The van der Waals surface area contributed by atoms with Crippen LogP contribution in [0, 0.1) is 5.92 Å². The zero-order valence-electron chi connectivity index (χ0n) is 15.8. The van der Waals surface area contributed by atoms with Crippen LogP contribution in [0.5, 0.6) is 0 Å². The van der Waals surface area contributed by atoms with Gasteiger partial charge in [0.05, 0.1) is 17.0 Å². The Balaban J connectivity index is 2.04. The first-order chi connectivity index (χ1) is 12.7. The lowest BCUT2D eigenvalue weighted by molar-refractivity contribution is 0.232. The number of nitrogens with one attached hydrogen (secondary N) is 2. The normalized spacial score (nSPS) is 13.8. The molecule has 0 aliphatic heterocycles. The minimum absolute atomic E-state index is 0.0453. The minimum atomic E-state index is -3.73. The van der Waals surface area contributed by atoms with Crippen LogP contribution in [-0.4, -0.2) is 14.4 Å². The fraction of sp³-hybridized carbons (Fsp3) is 0.350. The molecule has 0 radical (unpaired) electrons. The lowest BCUT2D eigenvalue weighted by atomic mass is 9.97. The van der Waals surface area contributed by atoms with Gasteiger partial charge >= 0.3 is 6.03 Å². The quantitative estimate of drug-likeness (QED) is 0.675. The van der Waals surface area contributed by atoms with Crippen molar-refractivity contribution in [3.8, 4) is 0 Å². The highest BCUT2D eigenvalue weighted by Gasteiger charge is 2.18. The van der Waals surface area contributed by atoms with Crippen LogP contribution in [0.1, 0.15) is 50.4 Å². The Bertz CT molecular complexity index is 850. The average Bonchev–Trinajstić information content (AvgIpc) is 2.61. The van der Waals surface area contributed by atoms with E-state index in [2.05, 4.69) is 24.5 Å². The van der Waals surface area contributed by atoms with E-state index in [1.54, 1.807) is 12.1 Å². The van der Waals surface area contributed by atoms with Crippen molar-refractivity contribution in [2.75, 3.05) is 0 Å². The summed E-state index contributed by atoms with van der Waals surface area (Å²) in [7, 11) is -3.73. The zero-order chi connectivity index (χ0) is 20.0. The van der Waals surface area contributed by atoms with Crippen LogP contribution < -0.4 is 15.8 Å². The van der Waals surface area contributed by atoms with Crippen LogP contribution in [0.15, 0.2) is 59.5 Å². The second kappa shape index (κ2) is 9.01.